The Kier molecular flexibility index (Phi) is 3.88. The number of pyridine rings is 1. The molecule has 1 aliphatic rings. The van der Waals surface area contributed by atoms with Crippen LogP contribution in [0.1, 0.15) is 25.3 Å². The fourth-order valence-corrected chi connectivity index (χ4v) is 3.15. The number of rotatable bonds is 3. The molecule has 2 atom stereocenters. The zero-order valence-electron chi connectivity index (χ0n) is 12.2. The van der Waals surface area contributed by atoms with E-state index in [1.54, 1.807) is 6.20 Å². The lowest BCUT2D eigenvalue weighted by Crippen LogP contribution is -2.46. The highest BCUT2D eigenvalue weighted by Crippen LogP contribution is 2.26. The van der Waals surface area contributed by atoms with Gasteiger partial charge in [0.1, 0.15) is 6.04 Å². The first-order valence-corrected chi connectivity index (χ1v) is 7.44. The van der Waals surface area contributed by atoms with Crippen molar-refractivity contribution in [2.45, 2.75) is 32.4 Å². The molecule has 4 nitrogen and oxygen atoms in total. The zero-order valence-corrected chi connectivity index (χ0v) is 12.2. The zero-order chi connectivity index (χ0) is 14.8. The number of aromatic nitrogens is 1. The van der Waals surface area contributed by atoms with Gasteiger partial charge < -0.3 is 5.11 Å². The van der Waals surface area contributed by atoms with Gasteiger partial charge in [-0.3, -0.25) is 14.7 Å². The quantitative estimate of drug-likeness (QED) is 0.941. The molecule has 21 heavy (non-hydrogen) atoms. The number of benzene rings is 1. The molecule has 1 N–H and O–H groups in total. The molecule has 0 radical (unpaired) electrons. The lowest BCUT2D eigenvalue weighted by atomic mass is 9.92. The van der Waals surface area contributed by atoms with Crippen molar-refractivity contribution in [1.82, 2.24) is 9.88 Å². The van der Waals surface area contributed by atoms with Crippen molar-refractivity contribution in [3.05, 3.63) is 42.1 Å². The highest BCUT2D eigenvalue weighted by atomic mass is 16.4. The van der Waals surface area contributed by atoms with Gasteiger partial charge in [-0.2, -0.15) is 0 Å². The van der Waals surface area contributed by atoms with E-state index < -0.39 is 5.97 Å². The Morgan fingerprint density at radius 1 is 1.38 bits per heavy atom. The minimum atomic E-state index is -0.713. The summed E-state index contributed by atoms with van der Waals surface area (Å²) < 4.78 is 0. The van der Waals surface area contributed by atoms with Gasteiger partial charge in [-0.05, 0) is 36.9 Å². The molecule has 0 spiro atoms. The third-order valence-corrected chi connectivity index (χ3v) is 4.35. The van der Waals surface area contributed by atoms with Crippen LogP contribution in [0.5, 0.6) is 0 Å². The van der Waals surface area contributed by atoms with Gasteiger partial charge in [-0.1, -0.05) is 31.2 Å². The van der Waals surface area contributed by atoms with Gasteiger partial charge in [-0.25, -0.2) is 0 Å². The summed E-state index contributed by atoms with van der Waals surface area (Å²) in [5, 5.41) is 10.6. The van der Waals surface area contributed by atoms with Crippen LogP contribution in [0.3, 0.4) is 0 Å². The molecule has 0 saturated carbocycles. The van der Waals surface area contributed by atoms with Crippen molar-refractivity contribution in [3.63, 3.8) is 0 Å². The lowest BCUT2D eigenvalue weighted by Gasteiger charge is -2.36. The largest absolute Gasteiger partial charge is 0.480 e. The molecule has 3 rings (SSSR count). The van der Waals surface area contributed by atoms with Crippen LogP contribution in [0, 0.1) is 5.92 Å². The van der Waals surface area contributed by atoms with Crippen molar-refractivity contribution in [2.75, 3.05) is 6.54 Å². The summed E-state index contributed by atoms with van der Waals surface area (Å²) in [6.07, 6.45) is 3.58. The monoisotopic (exact) mass is 284 g/mol. The molecule has 2 aromatic rings. The van der Waals surface area contributed by atoms with E-state index >= 15 is 0 Å². The highest BCUT2D eigenvalue weighted by Gasteiger charge is 2.31. The Morgan fingerprint density at radius 2 is 2.19 bits per heavy atom. The van der Waals surface area contributed by atoms with Crippen LogP contribution < -0.4 is 0 Å². The summed E-state index contributed by atoms with van der Waals surface area (Å²) in [4.78, 5) is 18.0. The molecule has 2 heterocycles. The molecule has 0 aliphatic carbocycles. The van der Waals surface area contributed by atoms with Gasteiger partial charge in [0, 0.05) is 18.1 Å². The van der Waals surface area contributed by atoms with Gasteiger partial charge in [0.25, 0.3) is 0 Å². The topological polar surface area (TPSA) is 53.4 Å². The molecule has 1 aromatic heterocycles. The first-order chi connectivity index (χ1) is 10.1. The van der Waals surface area contributed by atoms with Crippen molar-refractivity contribution in [3.8, 4) is 0 Å². The first-order valence-electron chi connectivity index (χ1n) is 7.44. The van der Waals surface area contributed by atoms with Crippen molar-refractivity contribution in [1.29, 1.82) is 0 Å². The minimum absolute atomic E-state index is 0.382. The van der Waals surface area contributed by atoms with Crippen LogP contribution in [-0.2, 0) is 11.3 Å². The molecular weight excluding hydrogens is 264 g/mol. The molecule has 1 fully saturated rings. The standard InChI is InChI=1S/C17H20N2O2/c1-12-7-9-19(15(10-12)17(20)21)11-14-5-2-4-13-6-3-8-18-16(13)14/h2-6,8,12,15H,7,9-11H2,1H3,(H,20,21). The Labute approximate surface area is 124 Å². The summed E-state index contributed by atoms with van der Waals surface area (Å²) in [6, 6.07) is 9.69. The molecule has 1 aliphatic heterocycles. The van der Waals surface area contributed by atoms with Crippen molar-refractivity contribution in [2.24, 2.45) is 5.92 Å². The van der Waals surface area contributed by atoms with Gasteiger partial charge in [0.2, 0.25) is 0 Å². The van der Waals surface area contributed by atoms with E-state index in [-0.39, 0.29) is 6.04 Å². The second-order valence-corrected chi connectivity index (χ2v) is 5.95. The summed E-state index contributed by atoms with van der Waals surface area (Å²) in [5.41, 5.74) is 2.08. The van der Waals surface area contributed by atoms with Crippen LogP contribution in [-0.4, -0.2) is 33.5 Å². The number of hydrogen-bond donors (Lipinski definition) is 1. The number of nitrogens with zero attached hydrogens (tertiary/aromatic N) is 2. The number of carboxylic acid groups (broad SMARTS) is 1. The molecule has 0 bridgehead atoms. The van der Waals surface area contributed by atoms with Gasteiger partial charge in [0.05, 0.1) is 5.52 Å². The Bertz CT molecular complexity index is 651. The molecule has 2 unspecified atom stereocenters. The molecule has 1 saturated heterocycles. The molecule has 0 amide bonds. The van der Waals surface area contributed by atoms with Gasteiger partial charge in [0.15, 0.2) is 0 Å². The van der Waals surface area contributed by atoms with E-state index in [2.05, 4.69) is 16.8 Å². The number of piperidine rings is 1. The van der Waals surface area contributed by atoms with Crippen LogP contribution in [0.25, 0.3) is 10.9 Å². The number of para-hydroxylation sites is 1. The van der Waals surface area contributed by atoms with Crippen LogP contribution in [0.4, 0.5) is 0 Å². The SMILES string of the molecule is CC1CCN(Cc2cccc3cccnc23)C(C(=O)O)C1. The van der Waals surface area contributed by atoms with Gasteiger partial charge >= 0.3 is 5.97 Å². The predicted octanol–water partition coefficient (Wildman–Crippen LogP) is 2.92. The molecular formula is C17H20N2O2. The Hall–Kier alpha value is -1.94. The summed E-state index contributed by atoms with van der Waals surface area (Å²) in [5.74, 6) is -0.234. The third-order valence-electron chi connectivity index (χ3n) is 4.35. The second kappa shape index (κ2) is 5.82. The number of hydrogen-bond acceptors (Lipinski definition) is 3. The number of carboxylic acids is 1. The number of carbonyl (C=O) groups is 1. The minimum Gasteiger partial charge on any atom is -0.480 e. The van der Waals surface area contributed by atoms with E-state index in [4.69, 9.17) is 0 Å². The Balaban J connectivity index is 1.88. The van der Waals surface area contributed by atoms with Gasteiger partial charge in [-0.15, -0.1) is 0 Å². The van der Waals surface area contributed by atoms with Crippen LogP contribution in [0.2, 0.25) is 0 Å². The predicted molar refractivity (Wildman–Crippen MR) is 82.0 cm³/mol. The smallest absolute Gasteiger partial charge is 0.320 e. The van der Waals surface area contributed by atoms with E-state index in [1.807, 2.05) is 30.3 Å². The van der Waals surface area contributed by atoms with E-state index in [0.29, 0.717) is 12.5 Å². The van der Waals surface area contributed by atoms with Crippen LogP contribution >= 0.6 is 0 Å². The third kappa shape index (κ3) is 2.90. The fraction of sp³-hybridized carbons (Fsp3) is 0.412. The number of aliphatic carboxylic acids is 1. The van der Waals surface area contributed by atoms with Crippen LogP contribution in [0.15, 0.2) is 36.5 Å². The lowest BCUT2D eigenvalue weighted by molar-refractivity contribution is -0.145. The fourth-order valence-electron chi connectivity index (χ4n) is 3.15. The number of likely N-dealkylation sites (tertiary alicyclic amines) is 1. The Morgan fingerprint density at radius 3 is 3.00 bits per heavy atom. The maximum atomic E-state index is 11.5. The summed E-state index contributed by atoms with van der Waals surface area (Å²) in [6.45, 7) is 3.62. The molecule has 110 valence electrons. The average Bonchev–Trinajstić information content (AvgIpc) is 2.49. The van der Waals surface area contributed by atoms with E-state index in [9.17, 15) is 9.90 Å². The maximum absolute atomic E-state index is 11.5. The highest BCUT2D eigenvalue weighted by molar-refractivity contribution is 5.81. The maximum Gasteiger partial charge on any atom is 0.320 e. The average molecular weight is 284 g/mol. The summed E-state index contributed by atoms with van der Waals surface area (Å²) in [7, 11) is 0. The van der Waals surface area contributed by atoms with E-state index in [0.717, 1.165) is 35.9 Å². The van der Waals surface area contributed by atoms with E-state index in [1.165, 1.54) is 0 Å². The van der Waals surface area contributed by atoms with Crippen molar-refractivity contribution >= 4 is 16.9 Å². The molecule has 1 aromatic carbocycles. The second-order valence-electron chi connectivity index (χ2n) is 5.95. The van der Waals surface area contributed by atoms with Crippen molar-refractivity contribution < 1.29 is 9.90 Å². The normalized spacial score (nSPS) is 23.3. The first kappa shape index (κ1) is 14.0. The number of fused-ring (bicyclic) bond motifs is 1. The molecule has 4 heteroatoms. The summed E-state index contributed by atoms with van der Waals surface area (Å²) >= 11 is 0.